The van der Waals surface area contributed by atoms with Crippen molar-refractivity contribution in [3.05, 3.63) is 102 Å². The normalized spacial score (nSPS) is 17.9. The molecule has 1 fully saturated rings. The minimum absolute atomic E-state index is 0.0452. The Hall–Kier alpha value is -2.97. The largest absolute Gasteiger partial charge is 0.744 e. The van der Waals surface area contributed by atoms with Crippen LogP contribution in [0.15, 0.2) is 81.3 Å². The zero-order valence-electron chi connectivity index (χ0n) is 24.7. The molecule has 0 N–H and O–H groups in total. The van der Waals surface area contributed by atoms with Crippen molar-refractivity contribution in [1.82, 2.24) is 4.57 Å². The lowest BCUT2D eigenvalue weighted by Gasteiger charge is -2.12. The van der Waals surface area contributed by atoms with E-state index in [1.807, 2.05) is 36.7 Å². The van der Waals surface area contributed by atoms with Crippen molar-refractivity contribution in [3.63, 3.8) is 0 Å². The van der Waals surface area contributed by atoms with E-state index in [0.717, 1.165) is 54.8 Å². The molecule has 1 unspecified atom stereocenters. The van der Waals surface area contributed by atoms with Gasteiger partial charge in [-0.1, -0.05) is 64.5 Å². The third-order valence-electron chi connectivity index (χ3n) is 7.64. The second-order valence-corrected chi connectivity index (χ2v) is 15.7. The van der Waals surface area contributed by atoms with E-state index in [1.54, 1.807) is 46.6 Å². The van der Waals surface area contributed by atoms with E-state index < -0.39 is 10.1 Å². The molecule has 4 heterocycles. The predicted octanol–water partition coefficient (Wildman–Crippen LogP) is 4.82. The van der Waals surface area contributed by atoms with Crippen LogP contribution < -0.4 is 24.2 Å². The molecule has 5 aromatic rings. The molecular formula is C32H30ClN3O5S4. The van der Waals surface area contributed by atoms with Crippen LogP contribution in [-0.4, -0.2) is 37.3 Å². The Morgan fingerprint density at radius 1 is 1.11 bits per heavy atom. The molecular weight excluding hydrogens is 670 g/mol. The van der Waals surface area contributed by atoms with Crippen LogP contribution in [0.1, 0.15) is 23.4 Å². The number of rotatable bonds is 4. The van der Waals surface area contributed by atoms with E-state index in [9.17, 15) is 17.8 Å². The summed E-state index contributed by atoms with van der Waals surface area (Å²) in [7, 11) is -0.185. The Morgan fingerprint density at radius 3 is 2.56 bits per heavy atom. The molecule has 0 radical (unpaired) electrons. The van der Waals surface area contributed by atoms with E-state index in [2.05, 4.69) is 46.9 Å². The first-order valence-corrected chi connectivity index (χ1v) is 18.4. The van der Waals surface area contributed by atoms with Crippen molar-refractivity contribution in [2.75, 3.05) is 18.6 Å². The number of ether oxygens (including phenoxy) is 1. The van der Waals surface area contributed by atoms with Gasteiger partial charge in [0.2, 0.25) is 5.52 Å². The van der Waals surface area contributed by atoms with Gasteiger partial charge in [0.25, 0.3) is 10.6 Å². The molecule has 3 aromatic carbocycles. The highest BCUT2D eigenvalue weighted by Gasteiger charge is 2.26. The SMILES string of the molecule is CN1/C(=c2/s/c(=C/c3sc4ccccc4[n+]3C)n(CC3CCCO3)c2=O)Sc2ccc(Cl)cc21.Cc1ccc(S(=O)(=O)[O-])cc1. The highest BCUT2D eigenvalue weighted by molar-refractivity contribution is 8.08. The fourth-order valence-corrected chi connectivity index (χ4v) is 9.39. The number of aryl methyl sites for hydroxylation is 2. The van der Waals surface area contributed by atoms with Crippen molar-refractivity contribution in [2.45, 2.75) is 42.2 Å². The van der Waals surface area contributed by atoms with E-state index in [-0.39, 0.29) is 16.6 Å². The number of nitrogens with zero attached hydrogens (tertiary/aromatic N) is 3. The number of thioether (sulfide) groups is 1. The summed E-state index contributed by atoms with van der Waals surface area (Å²) in [5.74, 6) is 0. The number of halogens is 1. The molecule has 234 valence electrons. The predicted molar refractivity (Wildman–Crippen MR) is 182 cm³/mol. The summed E-state index contributed by atoms with van der Waals surface area (Å²) in [6.45, 7) is 3.17. The third-order valence-corrected chi connectivity index (χ3v) is 12.4. The highest BCUT2D eigenvalue weighted by Crippen LogP contribution is 2.46. The maximum atomic E-state index is 13.8. The Kier molecular flexibility index (Phi) is 9.26. The van der Waals surface area contributed by atoms with Crippen molar-refractivity contribution in [3.8, 4) is 0 Å². The van der Waals surface area contributed by atoms with Crippen LogP contribution in [0.2, 0.25) is 5.02 Å². The first-order chi connectivity index (χ1) is 21.5. The fraction of sp³-hybridized carbons (Fsp3) is 0.250. The molecule has 0 saturated carbocycles. The summed E-state index contributed by atoms with van der Waals surface area (Å²) >= 11 is 11.2. The van der Waals surface area contributed by atoms with Gasteiger partial charge in [-0.15, -0.1) is 11.3 Å². The van der Waals surface area contributed by atoms with E-state index in [4.69, 9.17) is 16.3 Å². The minimum atomic E-state index is -4.27. The lowest BCUT2D eigenvalue weighted by molar-refractivity contribution is -0.642. The Morgan fingerprint density at radius 2 is 1.87 bits per heavy atom. The molecule has 45 heavy (non-hydrogen) atoms. The molecule has 13 heteroatoms. The quantitative estimate of drug-likeness (QED) is 0.196. The van der Waals surface area contributed by atoms with E-state index in [0.29, 0.717) is 11.6 Å². The summed E-state index contributed by atoms with van der Waals surface area (Å²) in [6, 6.07) is 20.0. The van der Waals surface area contributed by atoms with Gasteiger partial charge in [-0.3, -0.25) is 9.36 Å². The molecule has 2 aromatic heterocycles. The topological polar surface area (TPSA) is 95.6 Å². The van der Waals surface area contributed by atoms with Gasteiger partial charge in [0.05, 0.1) is 29.3 Å². The second-order valence-electron chi connectivity index (χ2n) is 10.8. The van der Waals surface area contributed by atoms with Gasteiger partial charge in [-0.25, -0.2) is 8.42 Å². The third kappa shape index (κ3) is 6.78. The molecule has 0 amide bonds. The van der Waals surface area contributed by atoms with E-state index >= 15 is 0 Å². The van der Waals surface area contributed by atoms with Gasteiger partial charge < -0.3 is 14.2 Å². The highest BCUT2D eigenvalue weighted by atomic mass is 35.5. The number of benzene rings is 3. The van der Waals surface area contributed by atoms with Crippen LogP contribution in [-0.2, 0) is 28.4 Å². The standard InChI is InChI=1S/C25H23ClN3O2S3.C7H8O3S/c1-27-17-7-3-4-8-19(17)32-21(27)13-22-29(14-16-6-5-11-31-16)24(30)23(34-22)25-28(2)18-12-15(26)9-10-20(18)33-25;1-6-2-4-7(5-3-6)11(8,9)10/h3-4,7-10,12-13,16H,5-6,11,14H2,1-2H3;2-5H,1H3,(H,8,9,10)/q+1;/p-1/b25-23-;. The summed E-state index contributed by atoms with van der Waals surface area (Å²) in [5, 5.41) is 2.76. The van der Waals surface area contributed by atoms with Gasteiger partial charge in [0.1, 0.15) is 36.1 Å². The van der Waals surface area contributed by atoms with Crippen LogP contribution in [0.4, 0.5) is 5.69 Å². The maximum Gasteiger partial charge on any atom is 0.271 e. The van der Waals surface area contributed by atoms with Gasteiger partial charge in [-0.2, -0.15) is 4.57 Å². The lowest BCUT2D eigenvalue weighted by atomic mass is 10.2. The molecule has 0 aliphatic carbocycles. The smallest absolute Gasteiger partial charge is 0.271 e. The monoisotopic (exact) mass is 699 g/mol. The summed E-state index contributed by atoms with van der Waals surface area (Å²) in [6.07, 6.45) is 4.27. The van der Waals surface area contributed by atoms with Gasteiger partial charge in [-0.05, 0) is 56.2 Å². The molecule has 2 aliphatic heterocycles. The number of hydrogen-bond donors (Lipinski definition) is 0. The van der Waals surface area contributed by atoms with Crippen LogP contribution in [0.3, 0.4) is 0 Å². The summed E-state index contributed by atoms with van der Waals surface area (Å²) in [5.41, 5.74) is 3.20. The number of hydrogen-bond acceptors (Lipinski definition) is 9. The summed E-state index contributed by atoms with van der Waals surface area (Å²) in [4.78, 5) is 16.8. The fourth-order valence-electron chi connectivity index (χ4n) is 5.21. The number of thiazole rings is 2. The molecule has 1 saturated heterocycles. The van der Waals surface area contributed by atoms with Crippen LogP contribution in [0.25, 0.3) is 21.3 Å². The lowest BCUT2D eigenvalue weighted by Crippen LogP contribution is -2.37. The first-order valence-electron chi connectivity index (χ1n) is 14.2. The van der Waals surface area contributed by atoms with Crippen molar-refractivity contribution in [1.29, 1.82) is 0 Å². The molecule has 1 atom stereocenters. The summed E-state index contributed by atoms with van der Waals surface area (Å²) < 4.78 is 44.1. The van der Waals surface area contributed by atoms with Crippen LogP contribution >= 0.6 is 46.0 Å². The average molecular weight is 700 g/mol. The Balaban J connectivity index is 0.000000276. The zero-order valence-corrected chi connectivity index (χ0v) is 28.7. The number of aromatic nitrogens is 2. The first kappa shape index (κ1) is 32.0. The molecule has 7 rings (SSSR count). The van der Waals surface area contributed by atoms with Gasteiger partial charge >= 0.3 is 0 Å². The molecule has 0 bridgehead atoms. The number of para-hydroxylation sites is 1. The molecule has 0 spiro atoms. The molecule has 2 aliphatic rings. The van der Waals surface area contributed by atoms with Crippen molar-refractivity contribution in [2.24, 2.45) is 7.05 Å². The van der Waals surface area contributed by atoms with Crippen molar-refractivity contribution >= 4 is 83.2 Å². The van der Waals surface area contributed by atoms with E-state index in [1.165, 1.54) is 22.3 Å². The number of anilines is 1. The number of fused-ring (bicyclic) bond motifs is 2. The van der Waals surface area contributed by atoms with Gasteiger partial charge in [0, 0.05) is 29.6 Å². The zero-order chi connectivity index (χ0) is 31.9. The average Bonchev–Trinajstić information content (AvgIpc) is 3.78. The van der Waals surface area contributed by atoms with Crippen LogP contribution in [0, 0.1) is 6.92 Å². The Labute approximate surface area is 278 Å². The molecule has 8 nitrogen and oxygen atoms in total. The van der Waals surface area contributed by atoms with Crippen LogP contribution in [0.5, 0.6) is 0 Å². The van der Waals surface area contributed by atoms with Gasteiger partial charge in [0.15, 0.2) is 0 Å². The Bertz CT molecular complexity index is 2180. The minimum Gasteiger partial charge on any atom is -0.744 e. The maximum absolute atomic E-state index is 13.8. The van der Waals surface area contributed by atoms with Crippen molar-refractivity contribution < 1.29 is 22.3 Å². The second kappa shape index (κ2) is 13.0.